The summed E-state index contributed by atoms with van der Waals surface area (Å²) in [7, 11) is 1.54. The largest absolute Gasteiger partial charge is 0.375 e. The van der Waals surface area contributed by atoms with E-state index in [4.69, 9.17) is 10.00 Å². The minimum absolute atomic E-state index is 0.0721. The Morgan fingerprint density at radius 3 is 2.90 bits per heavy atom. The monoisotopic (exact) mass is 293 g/mol. The van der Waals surface area contributed by atoms with Gasteiger partial charge in [0.15, 0.2) is 0 Å². The van der Waals surface area contributed by atoms with Gasteiger partial charge in [-0.1, -0.05) is 0 Å². The molecule has 0 aliphatic carbocycles. The zero-order valence-electron chi connectivity index (χ0n) is 11.6. The molecule has 1 amide bonds. The number of likely N-dealkylation sites (tertiary alicyclic amines) is 1. The molecule has 1 saturated heterocycles. The van der Waals surface area contributed by atoms with E-state index in [2.05, 4.69) is 11.4 Å². The third-order valence-corrected chi connectivity index (χ3v) is 4.44. The molecule has 1 aromatic heterocycles. The fourth-order valence-corrected chi connectivity index (χ4v) is 3.08. The van der Waals surface area contributed by atoms with Crippen molar-refractivity contribution in [3.05, 3.63) is 21.9 Å². The van der Waals surface area contributed by atoms with Crippen LogP contribution in [0.3, 0.4) is 0 Å². The van der Waals surface area contributed by atoms with Crippen LogP contribution in [0.15, 0.2) is 12.1 Å². The summed E-state index contributed by atoms with van der Waals surface area (Å²) >= 11 is 1.53. The quantitative estimate of drug-likeness (QED) is 0.890. The Labute approximate surface area is 123 Å². The van der Waals surface area contributed by atoms with Gasteiger partial charge in [0.2, 0.25) is 5.91 Å². The number of thiophene rings is 1. The smallest absolute Gasteiger partial charge is 0.248 e. The highest BCUT2D eigenvalue weighted by Crippen LogP contribution is 2.16. The molecular weight excluding hydrogens is 274 g/mol. The number of carbonyl (C=O) groups is 1. The van der Waals surface area contributed by atoms with Crippen LogP contribution < -0.4 is 5.32 Å². The number of rotatable bonds is 5. The number of carbonyl (C=O) groups excluding carboxylic acids is 1. The molecule has 1 aromatic rings. The third-order valence-electron chi connectivity index (χ3n) is 3.45. The van der Waals surface area contributed by atoms with Gasteiger partial charge < -0.3 is 15.0 Å². The van der Waals surface area contributed by atoms with Crippen molar-refractivity contribution >= 4 is 17.2 Å². The molecule has 0 unspecified atom stereocenters. The summed E-state index contributed by atoms with van der Waals surface area (Å²) in [4.78, 5) is 15.5. The van der Waals surface area contributed by atoms with Crippen LogP contribution >= 0.6 is 11.3 Å². The van der Waals surface area contributed by atoms with Gasteiger partial charge >= 0.3 is 0 Å². The van der Waals surface area contributed by atoms with Gasteiger partial charge in [0.25, 0.3) is 0 Å². The van der Waals surface area contributed by atoms with Gasteiger partial charge in [0, 0.05) is 37.7 Å². The van der Waals surface area contributed by atoms with Crippen LogP contribution in [0.4, 0.5) is 0 Å². The summed E-state index contributed by atoms with van der Waals surface area (Å²) in [5, 5.41) is 12.3. The molecule has 0 bridgehead atoms. The maximum absolute atomic E-state index is 11.7. The zero-order valence-corrected chi connectivity index (χ0v) is 12.4. The molecule has 20 heavy (non-hydrogen) atoms. The lowest BCUT2D eigenvalue weighted by atomic mass is 10.1. The molecule has 1 aliphatic rings. The first-order valence-electron chi connectivity index (χ1n) is 6.72. The average Bonchev–Trinajstić information content (AvgIpc) is 2.94. The SMILES string of the molecule is COCC(=O)N1CCC(NCc2ccc(C#N)s2)CC1. The lowest BCUT2D eigenvalue weighted by Gasteiger charge is -2.32. The predicted molar refractivity (Wildman–Crippen MR) is 77.4 cm³/mol. The van der Waals surface area contributed by atoms with Crippen LogP contribution in [-0.4, -0.2) is 43.7 Å². The maximum atomic E-state index is 11.7. The number of piperidine rings is 1. The molecule has 2 heterocycles. The van der Waals surface area contributed by atoms with E-state index in [0.29, 0.717) is 6.04 Å². The number of amides is 1. The van der Waals surface area contributed by atoms with Crippen molar-refractivity contribution in [2.75, 3.05) is 26.8 Å². The Morgan fingerprint density at radius 2 is 2.30 bits per heavy atom. The molecular formula is C14H19N3O2S. The molecule has 2 rings (SSSR count). The number of nitrogens with zero attached hydrogens (tertiary/aromatic N) is 2. The lowest BCUT2D eigenvalue weighted by Crippen LogP contribution is -2.45. The normalized spacial score (nSPS) is 16.1. The molecule has 0 aromatic carbocycles. The van der Waals surface area contributed by atoms with Crippen LogP contribution in [-0.2, 0) is 16.1 Å². The summed E-state index contributed by atoms with van der Waals surface area (Å²) in [6, 6.07) is 6.44. The van der Waals surface area contributed by atoms with E-state index in [0.717, 1.165) is 37.4 Å². The number of hydrogen-bond acceptors (Lipinski definition) is 5. The molecule has 5 nitrogen and oxygen atoms in total. The zero-order chi connectivity index (χ0) is 14.4. The van der Waals surface area contributed by atoms with Crippen molar-refractivity contribution in [1.82, 2.24) is 10.2 Å². The Kier molecular flexibility index (Phi) is 5.53. The number of hydrogen-bond donors (Lipinski definition) is 1. The summed E-state index contributed by atoms with van der Waals surface area (Å²) in [5.41, 5.74) is 0. The van der Waals surface area contributed by atoms with Crippen molar-refractivity contribution in [3.8, 4) is 6.07 Å². The molecule has 0 saturated carbocycles. The van der Waals surface area contributed by atoms with Gasteiger partial charge in [-0.25, -0.2) is 0 Å². The van der Waals surface area contributed by atoms with Crippen molar-refractivity contribution in [1.29, 1.82) is 5.26 Å². The summed E-state index contributed by atoms with van der Waals surface area (Å²) in [6.07, 6.45) is 1.93. The van der Waals surface area contributed by atoms with Gasteiger partial charge in [0.05, 0.1) is 0 Å². The van der Waals surface area contributed by atoms with Gasteiger partial charge in [-0.2, -0.15) is 5.26 Å². The van der Waals surface area contributed by atoms with Gasteiger partial charge in [0.1, 0.15) is 17.6 Å². The molecule has 6 heteroatoms. The molecule has 1 fully saturated rings. The highest BCUT2D eigenvalue weighted by atomic mass is 32.1. The second kappa shape index (κ2) is 7.39. The van der Waals surface area contributed by atoms with Crippen LogP contribution in [0.1, 0.15) is 22.6 Å². The first-order chi connectivity index (χ1) is 9.72. The molecule has 1 aliphatic heterocycles. The Bertz CT molecular complexity index is 487. The van der Waals surface area contributed by atoms with Gasteiger partial charge in [-0.15, -0.1) is 11.3 Å². The predicted octanol–water partition coefficient (Wildman–Crippen LogP) is 1.35. The van der Waals surface area contributed by atoms with E-state index in [1.807, 2.05) is 17.0 Å². The number of nitrogens with one attached hydrogen (secondary N) is 1. The minimum Gasteiger partial charge on any atom is -0.375 e. The molecule has 108 valence electrons. The van der Waals surface area contributed by atoms with Crippen LogP contribution in [0.5, 0.6) is 0 Å². The van der Waals surface area contributed by atoms with E-state index in [1.54, 1.807) is 7.11 Å². The van der Waals surface area contributed by atoms with Crippen LogP contribution in [0, 0.1) is 11.3 Å². The molecule has 1 N–H and O–H groups in total. The Balaban J connectivity index is 1.72. The maximum Gasteiger partial charge on any atom is 0.248 e. The molecule has 0 atom stereocenters. The van der Waals surface area contributed by atoms with Gasteiger partial charge in [-0.05, 0) is 25.0 Å². The van der Waals surface area contributed by atoms with Crippen molar-refractivity contribution < 1.29 is 9.53 Å². The average molecular weight is 293 g/mol. The first-order valence-corrected chi connectivity index (χ1v) is 7.53. The second-order valence-electron chi connectivity index (χ2n) is 4.85. The summed E-state index contributed by atoms with van der Waals surface area (Å²) < 4.78 is 4.87. The lowest BCUT2D eigenvalue weighted by molar-refractivity contribution is -0.136. The van der Waals surface area contributed by atoms with E-state index in [9.17, 15) is 4.79 Å². The third kappa shape index (κ3) is 4.04. The standard InChI is InChI=1S/C14H19N3O2S/c1-19-10-14(18)17-6-4-11(5-7-17)16-9-13-3-2-12(8-15)20-13/h2-3,11,16H,4-7,9-10H2,1H3. The Hall–Kier alpha value is -1.42. The molecule has 0 radical (unpaired) electrons. The van der Waals surface area contributed by atoms with Crippen molar-refractivity contribution in [3.63, 3.8) is 0 Å². The first kappa shape index (κ1) is 15.0. The number of nitriles is 1. The second-order valence-corrected chi connectivity index (χ2v) is 6.02. The van der Waals surface area contributed by atoms with E-state index < -0.39 is 0 Å². The van der Waals surface area contributed by atoms with Crippen LogP contribution in [0.2, 0.25) is 0 Å². The van der Waals surface area contributed by atoms with Crippen molar-refractivity contribution in [2.45, 2.75) is 25.4 Å². The fourth-order valence-electron chi connectivity index (χ4n) is 2.33. The summed E-state index contributed by atoms with van der Waals surface area (Å²) in [6.45, 7) is 2.54. The van der Waals surface area contributed by atoms with E-state index in [-0.39, 0.29) is 12.5 Å². The van der Waals surface area contributed by atoms with Crippen LogP contribution in [0.25, 0.3) is 0 Å². The number of methoxy groups -OCH3 is 1. The molecule has 0 spiro atoms. The highest BCUT2D eigenvalue weighted by molar-refractivity contribution is 7.12. The highest BCUT2D eigenvalue weighted by Gasteiger charge is 2.22. The van der Waals surface area contributed by atoms with E-state index in [1.165, 1.54) is 16.2 Å². The summed E-state index contributed by atoms with van der Waals surface area (Å²) in [5.74, 6) is 0.0721. The Morgan fingerprint density at radius 1 is 1.55 bits per heavy atom. The van der Waals surface area contributed by atoms with Crippen molar-refractivity contribution in [2.24, 2.45) is 0 Å². The minimum atomic E-state index is 0.0721. The van der Waals surface area contributed by atoms with Gasteiger partial charge in [-0.3, -0.25) is 4.79 Å². The fraction of sp³-hybridized carbons (Fsp3) is 0.571. The topological polar surface area (TPSA) is 65.4 Å². The number of ether oxygens (including phenoxy) is 1. The van der Waals surface area contributed by atoms with E-state index >= 15 is 0 Å².